The normalized spacial score (nSPS) is 11.7. The largest absolute Gasteiger partial charge is 0.451 e. The van der Waals surface area contributed by atoms with Gasteiger partial charge < -0.3 is 10.1 Å². The Morgan fingerprint density at radius 1 is 1.22 bits per heavy atom. The molecule has 1 aromatic heterocycles. The molecule has 1 unspecified atom stereocenters. The van der Waals surface area contributed by atoms with Crippen molar-refractivity contribution in [3.8, 4) is 0 Å². The number of ether oxygens (including phenoxy) is 1. The Labute approximate surface area is 148 Å². The maximum atomic E-state index is 11.8. The van der Waals surface area contributed by atoms with Crippen LogP contribution in [-0.4, -0.2) is 24.5 Å². The number of rotatable bonds is 7. The lowest BCUT2D eigenvalue weighted by molar-refractivity contribution is -0.124. The lowest BCUT2D eigenvalue weighted by Crippen LogP contribution is -2.36. The Hall–Kier alpha value is -1.66. The first-order chi connectivity index (χ1) is 11.0. The van der Waals surface area contributed by atoms with E-state index in [1.54, 1.807) is 12.1 Å². The van der Waals surface area contributed by atoms with E-state index < -0.39 is 5.97 Å². The van der Waals surface area contributed by atoms with Gasteiger partial charge in [-0.2, -0.15) is 0 Å². The number of halogens is 1. The fraction of sp³-hybridized carbons (Fsp3) is 0.294. The number of thiophene rings is 1. The minimum atomic E-state index is -0.479. The van der Waals surface area contributed by atoms with E-state index in [4.69, 9.17) is 4.74 Å². The van der Waals surface area contributed by atoms with Gasteiger partial charge in [-0.15, -0.1) is 11.3 Å². The molecule has 2 rings (SSSR count). The summed E-state index contributed by atoms with van der Waals surface area (Å²) in [6.07, 6.45) is 1.73. The van der Waals surface area contributed by atoms with Crippen molar-refractivity contribution in [1.29, 1.82) is 0 Å². The number of hydrogen-bond acceptors (Lipinski definition) is 4. The van der Waals surface area contributed by atoms with Crippen molar-refractivity contribution in [2.75, 3.05) is 6.61 Å². The highest BCUT2D eigenvalue weighted by Gasteiger charge is 2.13. The van der Waals surface area contributed by atoms with Crippen LogP contribution in [0.25, 0.3) is 0 Å². The maximum absolute atomic E-state index is 11.8. The lowest BCUT2D eigenvalue weighted by atomic mass is 10.1. The van der Waals surface area contributed by atoms with E-state index >= 15 is 0 Å². The molecule has 0 fully saturated rings. The van der Waals surface area contributed by atoms with Crippen molar-refractivity contribution in [2.24, 2.45) is 0 Å². The zero-order valence-corrected chi connectivity index (χ0v) is 15.2. The molecule has 4 nitrogen and oxygen atoms in total. The highest BCUT2D eigenvalue weighted by atomic mass is 79.9. The first-order valence-corrected chi connectivity index (χ1v) is 8.91. The van der Waals surface area contributed by atoms with Gasteiger partial charge in [0.2, 0.25) is 0 Å². The lowest BCUT2D eigenvalue weighted by Gasteiger charge is -2.13. The average molecular weight is 396 g/mol. The van der Waals surface area contributed by atoms with E-state index in [1.165, 1.54) is 16.9 Å². The fourth-order valence-electron chi connectivity index (χ4n) is 2.04. The maximum Gasteiger partial charge on any atom is 0.348 e. The number of esters is 1. The minimum absolute atomic E-state index is 0.0253. The van der Waals surface area contributed by atoms with Crippen molar-refractivity contribution in [2.45, 2.75) is 25.8 Å². The highest BCUT2D eigenvalue weighted by Crippen LogP contribution is 2.22. The van der Waals surface area contributed by atoms with Crippen molar-refractivity contribution >= 4 is 39.1 Å². The Bertz CT molecular complexity index is 657. The number of amides is 1. The summed E-state index contributed by atoms with van der Waals surface area (Å²) < 4.78 is 5.86. The SMILES string of the molecule is CC(CCc1ccccc1)NC(=O)COC(=O)c1ccc(Br)s1. The van der Waals surface area contributed by atoms with Crippen LogP contribution >= 0.6 is 27.3 Å². The summed E-state index contributed by atoms with van der Waals surface area (Å²) in [5.41, 5.74) is 1.24. The standard InChI is InChI=1S/C17H18BrNO3S/c1-12(7-8-13-5-3-2-4-6-13)19-16(20)11-22-17(21)14-9-10-15(18)23-14/h2-6,9-10,12H,7-8,11H2,1H3,(H,19,20). The van der Waals surface area contributed by atoms with Gasteiger partial charge in [0.25, 0.3) is 5.91 Å². The molecule has 0 spiro atoms. The van der Waals surface area contributed by atoms with E-state index in [9.17, 15) is 9.59 Å². The van der Waals surface area contributed by atoms with Crippen LogP contribution < -0.4 is 5.32 Å². The van der Waals surface area contributed by atoms with Gasteiger partial charge in [0.1, 0.15) is 4.88 Å². The first kappa shape index (κ1) is 17.7. The molecule has 0 saturated carbocycles. The molecule has 2 aromatic rings. The molecule has 0 bridgehead atoms. The number of nitrogens with one attached hydrogen (secondary N) is 1. The van der Waals surface area contributed by atoms with E-state index in [2.05, 4.69) is 33.4 Å². The first-order valence-electron chi connectivity index (χ1n) is 7.30. The minimum Gasteiger partial charge on any atom is -0.451 e. The molecule has 0 aliphatic rings. The van der Waals surface area contributed by atoms with Gasteiger partial charge in [0, 0.05) is 6.04 Å². The van der Waals surface area contributed by atoms with Gasteiger partial charge in [0.15, 0.2) is 6.61 Å². The van der Waals surface area contributed by atoms with E-state index in [-0.39, 0.29) is 18.6 Å². The van der Waals surface area contributed by atoms with Crippen LogP contribution in [0.5, 0.6) is 0 Å². The average Bonchev–Trinajstić information content (AvgIpc) is 2.98. The van der Waals surface area contributed by atoms with Crippen molar-refractivity contribution in [3.05, 3.63) is 56.7 Å². The Morgan fingerprint density at radius 2 is 1.96 bits per heavy atom. The second-order valence-electron chi connectivity index (χ2n) is 5.17. The third-order valence-corrected chi connectivity index (χ3v) is 4.83. The number of benzene rings is 1. The van der Waals surface area contributed by atoms with Gasteiger partial charge >= 0.3 is 5.97 Å². The molecule has 0 aliphatic heterocycles. The summed E-state index contributed by atoms with van der Waals surface area (Å²) in [7, 11) is 0. The van der Waals surface area contributed by atoms with Crippen LogP contribution in [0, 0.1) is 0 Å². The number of carbonyl (C=O) groups is 2. The molecule has 6 heteroatoms. The summed E-state index contributed by atoms with van der Waals surface area (Å²) in [6, 6.07) is 13.6. The summed E-state index contributed by atoms with van der Waals surface area (Å²) in [6.45, 7) is 1.68. The number of aryl methyl sites for hydroxylation is 1. The molecular weight excluding hydrogens is 378 g/mol. The summed E-state index contributed by atoms with van der Waals surface area (Å²) >= 11 is 4.56. The predicted octanol–water partition coefficient (Wildman–Crippen LogP) is 3.80. The van der Waals surface area contributed by atoms with E-state index in [0.29, 0.717) is 4.88 Å². The highest BCUT2D eigenvalue weighted by molar-refractivity contribution is 9.11. The molecule has 1 amide bonds. The molecule has 1 aromatic carbocycles. The molecule has 23 heavy (non-hydrogen) atoms. The van der Waals surface area contributed by atoms with Gasteiger partial charge in [-0.05, 0) is 53.4 Å². The predicted molar refractivity (Wildman–Crippen MR) is 94.7 cm³/mol. The van der Waals surface area contributed by atoms with Gasteiger partial charge in [-0.25, -0.2) is 4.79 Å². The van der Waals surface area contributed by atoms with Crippen LogP contribution in [0.15, 0.2) is 46.3 Å². The van der Waals surface area contributed by atoms with Crippen LogP contribution in [0.2, 0.25) is 0 Å². The van der Waals surface area contributed by atoms with E-state index in [1.807, 2.05) is 25.1 Å². The smallest absolute Gasteiger partial charge is 0.348 e. The molecule has 0 radical (unpaired) electrons. The van der Waals surface area contributed by atoms with Crippen molar-refractivity contribution in [3.63, 3.8) is 0 Å². The monoisotopic (exact) mass is 395 g/mol. The third kappa shape index (κ3) is 6.15. The Balaban J connectivity index is 1.68. The molecule has 122 valence electrons. The number of carbonyl (C=O) groups excluding carboxylic acids is 2. The second-order valence-corrected chi connectivity index (χ2v) is 7.64. The Kier molecular flexibility index (Phi) is 6.80. The van der Waals surface area contributed by atoms with Crippen LogP contribution in [0.4, 0.5) is 0 Å². The topological polar surface area (TPSA) is 55.4 Å². The molecule has 1 N–H and O–H groups in total. The zero-order valence-electron chi connectivity index (χ0n) is 12.8. The second kappa shape index (κ2) is 8.84. The molecular formula is C17H18BrNO3S. The van der Waals surface area contributed by atoms with Crippen LogP contribution in [-0.2, 0) is 16.0 Å². The molecule has 1 atom stereocenters. The van der Waals surface area contributed by atoms with Gasteiger partial charge in [-0.1, -0.05) is 30.3 Å². The zero-order chi connectivity index (χ0) is 16.7. The van der Waals surface area contributed by atoms with Crippen molar-refractivity contribution in [1.82, 2.24) is 5.32 Å². The summed E-state index contributed by atoms with van der Waals surface area (Å²) in [4.78, 5) is 24.0. The van der Waals surface area contributed by atoms with Crippen molar-refractivity contribution < 1.29 is 14.3 Å². The Morgan fingerprint density at radius 3 is 2.61 bits per heavy atom. The van der Waals surface area contributed by atoms with Gasteiger partial charge in [-0.3, -0.25) is 4.79 Å². The summed E-state index contributed by atoms with van der Waals surface area (Å²) in [5, 5.41) is 2.84. The molecule has 1 heterocycles. The van der Waals surface area contributed by atoms with Crippen LogP contribution in [0.3, 0.4) is 0 Å². The third-order valence-electron chi connectivity index (χ3n) is 3.22. The van der Waals surface area contributed by atoms with E-state index in [0.717, 1.165) is 16.6 Å². The molecule has 0 saturated heterocycles. The quantitative estimate of drug-likeness (QED) is 0.725. The number of hydrogen-bond donors (Lipinski definition) is 1. The van der Waals surface area contributed by atoms with Gasteiger partial charge in [0.05, 0.1) is 3.79 Å². The van der Waals surface area contributed by atoms with Crippen LogP contribution in [0.1, 0.15) is 28.6 Å². The summed E-state index contributed by atoms with van der Waals surface area (Å²) in [5.74, 6) is -0.762. The molecule has 0 aliphatic carbocycles. The fourth-order valence-corrected chi connectivity index (χ4v) is 3.32.